The molecule has 0 saturated heterocycles. The smallest absolute Gasteiger partial charge is 0.0431 e. The van der Waals surface area contributed by atoms with E-state index in [2.05, 4.69) is 5.32 Å². The van der Waals surface area contributed by atoms with E-state index >= 15 is 0 Å². The van der Waals surface area contributed by atoms with Gasteiger partial charge in [0, 0.05) is 6.61 Å². The third-order valence-electron chi connectivity index (χ3n) is 4.05. The van der Waals surface area contributed by atoms with Crippen molar-refractivity contribution in [2.45, 2.75) is 38.5 Å². The van der Waals surface area contributed by atoms with Crippen molar-refractivity contribution in [1.29, 1.82) is 0 Å². The molecule has 0 heterocycles. The first-order valence-electron chi connectivity index (χ1n) is 6.21. The number of hydrogen-bond donors (Lipinski definition) is 2. The Balaban J connectivity index is 1.54. The number of aliphatic hydroxyl groups excluding tert-OH is 1. The number of hydrogen-bond acceptors (Lipinski definition) is 2. The predicted octanol–water partition coefficient (Wildman–Crippen LogP) is 1.78. The molecule has 2 nitrogen and oxygen atoms in total. The summed E-state index contributed by atoms with van der Waals surface area (Å²) in [4.78, 5) is 0. The van der Waals surface area contributed by atoms with Crippen LogP contribution in [0.3, 0.4) is 0 Å². The fraction of sp³-hybridized carbons (Fsp3) is 1.00. The molecule has 2 bridgehead atoms. The van der Waals surface area contributed by atoms with E-state index in [9.17, 15) is 0 Å². The molecule has 0 aliphatic heterocycles. The van der Waals surface area contributed by atoms with Crippen molar-refractivity contribution >= 4 is 0 Å². The lowest BCUT2D eigenvalue weighted by atomic mass is 9.89. The molecule has 2 N–H and O–H groups in total. The first-order valence-corrected chi connectivity index (χ1v) is 6.21. The highest BCUT2D eigenvalue weighted by Gasteiger charge is 2.38. The first-order chi connectivity index (χ1) is 6.90. The molecule has 0 spiro atoms. The summed E-state index contributed by atoms with van der Waals surface area (Å²) in [7, 11) is 0. The van der Waals surface area contributed by atoms with Crippen molar-refractivity contribution < 1.29 is 5.11 Å². The molecule has 82 valence electrons. The van der Waals surface area contributed by atoms with E-state index in [-0.39, 0.29) is 0 Å². The molecule has 0 aromatic rings. The fourth-order valence-corrected chi connectivity index (χ4v) is 3.28. The Labute approximate surface area is 87.1 Å². The average Bonchev–Trinajstić information content (AvgIpc) is 2.79. The predicted molar refractivity (Wildman–Crippen MR) is 58.1 cm³/mol. The molecule has 0 radical (unpaired) electrons. The van der Waals surface area contributed by atoms with E-state index in [0.29, 0.717) is 6.61 Å². The van der Waals surface area contributed by atoms with Crippen LogP contribution in [0, 0.1) is 17.8 Å². The summed E-state index contributed by atoms with van der Waals surface area (Å²) < 4.78 is 0. The van der Waals surface area contributed by atoms with Gasteiger partial charge in [-0.1, -0.05) is 6.42 Å². The van der Waals surface area contributed by atoms with E-state index in [1.165, 1.54) is 32.2 Å². The van der Waals surface area contributed by atoms with Gasteiger partial charge in [0.1, 0.15) is 0 Å². The molecule has 14 heavy (non-hydrogen) atoms. The van der Waals surface area contributed by atoms with Crippen LogP contribution in [0.4, 0.5) is 0 Å². The molecule has 2 saturated carbocycles. The lowest BCUT2D eigenvalue weighted by Crippen LogP contribution is -2.27. The minimum Gasteiger partial charge on any atom is -0.396 e. The lowest BCUT2D eigenvalue weighted by Gasteiger charge is -2.21. The minimum atomic E-state index is 0.343. The summed E-state index contributed by atoms with van der Waals surface area (Å²) in [6, 6.07) is 0. The molecule has 2 aliphatic rings. The number of aliphatic hydroxyl groups is 1. The maximum atomic E-state index is 8.64. The molecular formula is C12H23NO. The first kappa shape index (κ1) is 10.4. The van der Waals surface area contributed by atoms with E-state index in [4.69, 9.17) is 5.11 Å². The average molecular weight is 197 g/mol. The van der Waals surface area contributed by atoms with Crippen LogP contribution in [0.1, 0.15) is 38.5 Å². The monoisotopic (exact) mass is 197 g/mol. The Bertz CT molecular complexity index is 172. The second kappa shape index (κ2) is 5.13. The lowest BCUT2D eigenvalue weighted by molar-refractivity contribution is 0.280. The SMILES string of the molecule is OCCCCNCC1CC2CCC1C2. The molecule has 0 amide bonds. The van der Waals surface area contributed by atoms with Crippen molar-refractivity contribution in [3.8, 4) is 0 Å². The number of unbranched alkanes of at least 4 members (excludes halogenated alkanes) is 1. The van der Waals surface area contributed by atoms with Gasteiger partial charge in [-0.2, -0.15) is 0 Å². The van der Waals surface area contributed by atoms with Gasteiger partial charge in [0.25, 0.3) is 0 Å². The topological polar surface area (TPSA) is 32.3 Å². The van der Waals surface area contributed by atoms with Crippen LogP contribution in [0.5, 0.6) is 0 Å². The van der Waals surface area contributed by atoms with Crippen LogP contribution in [0.25, 0.3) is 0 Å². The van der Waals surface area contributed by atoms with E-state index in [0.717, 1.165) is 37.1 Å². The van der Waals surface area contributed by atoms with Crippen LogP contribution >= 0.6 is 0 Å². The molecule has 2 heteroatoms. The second-order valence-corrected chi connectivity index (χ2v) is 5.07. The number of nitrogens with one attached hydrogen (secondary N) is 1. The Hall–Kier alpha value is -0.0800. The summed E-state index contributed by atoms with van der Waals surface area (Å²) >= 11 is 0. The minimum absolute atomic E-state index is 0.343. The van der Waals surface area contributed by atoms with E-state index in [1.54, 1.807) is 0 Å². The molecule has 0 aromatic heterocycles. The normalized spacial score (nSPS) is 35.4. The zero-order valence-electron chi connectivity index (χ0n) is 9.04. The van der Waals surface area contributed by atoms with Gasteiger partial charge in [0.2, 0.25) is 0 Å². The molecule has 2 rings (SSSR count). The van der Waals surface area contributed by atoms with Gasteiger partial charge in [0.05, 0.1) is 0 Å². The third-order valence-corrected chi connectivity index (χ3v) is 4.05. The van der Waals surface area contributed by atoms with E-state index < -0.39 is 0 Å². The highest BCUT2D eigenvalue weighted by atomic mass is 16.2. The summed E-state index contributed by atoms with van der Waals surface area (Å²) in [5.41, 5.74) is 0. The van der Waals surface area contributed by atoms with Gasteiger partial charge in [-0.05, 0) is 62.9 Å². The van der Waals surface area contributed by atoms with Crippen molar-refractivity contribution in [2.24, 2.45) is 17.8 Å². The molecule has 2 aliphatic carbocycles. The van der Waals surface area contributed by atoms with Crippen molar-refractivity contribution in [1.82, 2.24) is 5.32 Å². The van der Waals surface area contributed by atoms with Crippen molar-refractivity contribution in [3.63, 3.8) is 0 Å². The van der Waals surface area contributed by atoms with Gasteiger partial charge < -0.3 is 10.4 Å². The maximum absolute atomic E-state index is 8.64. The molecular weight excluding hydrogens is 174 g/mol. The molecule has 0 aromatic carbocycles. The van der Waals surface area contributed by atoms with Crippen molar-refractivity contribution in [2.75, 3.05) is 19.7 Å². The van der Waals surface area contributed by atoms with Gasteiger partial charge in [-0.15, -0.1) is 0 Å². The van der Waals surface area contributed by atoms with Crippen LogP contribution in [0.15, 0.2) is 0 Å². The standard InChI is InChI=1S/C12H23NO/c14-6-2-1-5-13-9-12-8-10-3-4-11(12)7-10/h10-14H,1-9H2. The summed E-state index contributed by atoms with van der Waals surface area (Å²) in [6.45, 7) is 2.66. The van der Waals surface area contributed by atoms with Gasteiger partial charge in [0.15, 0.2) is 0 Å². The van der Waals surface area contributed by atoms with Crippen LogP contribution in [-0.4, -0.2) is 24.8 Å². The summed E-state index contributed by atoms with van der Waals surface area (Å²) in [5.74, 6) is 3.09. The highest BCUT2D eigenvalue weighted by molar-refractivity contribution is 4.90. The molecule has 3 atom stereocenters. The Morgan fingerprint density at radius 3 is 2.71 bits per heavy atom. The number of fused-ring (bicyclic) bond motifs is 2. The maximum Gasteiger partial charge on any atom is 0.0431 e. The quantitative estimate of drug-likeness (QED) is 0.636. The Morgan fingerprint density at radius 1 is 1.14 bits per heavy atom. The van der Waals surface area contributed by atoms with Crippen molar-refractivity contribution in [3.05, 3.63) is 0 Å². The van der Waals surface area contributed by atoms with Crippen LogP contribution in [0.2, 0.25) is 0 Å². The Kier molecular flexibility index (Phi) is 3.82. The summed E-state index contributed by atoms with van der Waals surface area (Å²) in [6.07, 6.45) is 8.07. The third kappa shape index (κ3) is 2.48. The van der Waals surface area contributed by atoms with Crippen LogP contribution in [-0.2, 0) is 0 Å². The second-order valence-electron chi connectivity index (χ2n) is 5.07. The zero-order valence-corrected chi connectivity index (χ0v) is 9.04. The van der Waals surface area contributed by atoms with Gasteiger partial charge in [-0.25, -0.2) is 0 Å². The fourth-order valence-electron chi connectivity index (χ4n) is 3.28. The largest absolute Gasteiger partial charge is 0.396 e. The van der Waals surface area contributed by atoms with Crippen LogP contribution < -0.4 is 5.32 Å². The summed E-state index contributed by atoms with van der Waals surface area (Å²) in [5, 5.41) is 12.2. The highest BCUT2D eigenvalue weighted by Crippen LogP contribution is 2.47. The van der Waals surface area contributed by atoms with Gasteiger partial charge in [-0.3, -0.25) is 0 Å². The zero-order chi connectivity index (χ0) is 9.80. The molecule has 2 fully saturated rings. The Morgan fingerprint density at radius 2 is 2.07 bits per heavy atom. The van der Waals surface area contributed by atoms with Gasteiger partial charge >= 0.3 is 0 Å². The number of rotatable bonds is 6. The van der Waals surface area contributed by atoms with E-state index in [1.807, 2.05) is 0 Å². The molecule has 3 unspecified atom stereocenters.